The molecule has 518 valence electrons. The van der Waals surface area contributed by atoms with Crippen LogP contribution in [0.25, 0.3) is 0 Å². The van der Waals surface area contributed by atoms with Gasteiger partial charge in [-0.25, -0.2) is 14.4 Å². The molecule has 7 aliphatic carbocycles. The van der Waals surface area contributed by atoms with Gasteiger partial charge in [-0.15, -0.1) is 0 Å². The van der Waals surface area contributed by atoms with E-state index >= 15 is 0 Å². The van der Waals surface area contributed by atoms with Crippen molar-refractivity contribution >= 4 is 68.3 Å². The van der Waals surface area contributed by atoms with Gasteiger partial charge in [-0.1, -0.05) is 145 Å². The van der Waals surface area contributed by atoms with Crippen molar-refractivity contribution in [2.24, 2.45) is 34.5 Å². The van der Waals surface area contributed by atoms with Gasteiger partial charge in [0.25, 0.3) is 0 Å². The van der Waals surface area contributed by atoms with E-state index in [4.69, 9.17) is 44.4 Å². The normalized spacial score (nSPS) is 28.7. The van der Waals surface area contributed by atoms with Crippen molar-refractivity contribution in [2.75, 3.05) is 26.2 Å². The van der Waals surface area contributed by atoms with Gasteiger partial charge in [0, 0.05) is 13.1 Å². The zero-order valence-corrected chi connectivity index (χ0v) is 57.5. The summed E-state index contributed by atoms with van der Waals surface area (Å²) in [6.07, 6.45) is 15.7. The van der Waals surface area contributed by atoms with E-state index in [9.17, 15) is 38.8 Å². The molecule has 5 amide bonds. The van der Waals surface area contributed by atoms with Gasteiger partial charge in [-0.2, -0.15) is 0 Å². The number of benzene rings is 3. The lowest BCUT2D eigenvalue weighted by atomic mass is 9.43. The lowest BCUT2D eigenvalue weighted by molar-refractivity contribution is -0.199. The van der Waals surface area contributed by atoms with Crippen molar-refractivity contribution in [3.05, 3.63) is 146 Å². The number of carbonyl (C=O) groups is 6. The van der Waals surface area contributed by atoms with Gasteiger partial charge in [-0.05, 0) is 191 Å². The highest BCUT2D eigenvalue weighted by Gasteiger charge is 2.70. The Balaban J connectivity index is 0.000000165. The maximum absolute atomic E-state index is 13.0. The van der Waals surface area contributed by atoms with Gasteiger partial charge in [0.2, 0.25) is 17.1 Å². The van der Waals surface area contributed by atoms with Gasteiger partial charge in [0.15, 0.2) is 0 Å². The summed E-state index contributed by atoms with van der Waals surface area (Å²) in [7, 11) is -2.71. The summed E-state index contributed by atoms with van der Waals surface area (Å²) < 4.78 is 43.2. The van der Waals surface area contributed by atoms with E-state index in [1.807, 2.05) is 78.9 Å². The first-order valence-corrected chi connectivity index (χ1v) is 34.9. The second kappa shape index (κ2) is 32.9. The van der Waals surface area contributed by atoms with E-state index in [-0.39, 0.29) is 77.2 Å². The minimum atomic E-state index is -1.71. The molecule has 7 saturated carbocycles. The number of alkyl carbamates (subject to hydrolysis) is 3. The fourth-order valence-corrected chi connectivity index (χ4v) is 16.3. The number of ether oxygens (including phenoxy) is 3. The number of allylic oxidation sites excluding steroid dienone is 1. The highest BCUT2D eigenvalue weighted by atomic mass is 35.5. The van der Waals surface area contributed by atoms with Crippen LogP contribution < -0.4 is 16.0 Å². The molecule has 3 aromatic rings. The molecule has 0 radical (unpaired) electrons. The summed E-state index contributed by atoms with van der Waals surface area (Å²) in [4.78, 5) is 74.3. The number of carbonyl (C=O) groups excluding carboxylic acids is 6. The Kier molecular flexibility index (Phi) is 25.3. The lowest BCUT2D eigenvalue weighted by Crippen LogP contribution is -2.65. The maximum Gasteiger partial charge on any atom is 0.482 e. The fourth-order valence-electron chi connectivity index (χ4n) is 16.3. The molecule has 0 spiro atoms. The number of halogens is 1. The van der Waals surface area contributed by atoms with Gasteiger partial charge >= 0.3 is 39.6 Å². The van der Waals surface area contributed by atoms with Crippen LogP contribution in [0.2, 0.25) is 0 Å². The number of nitrogens with one attached hydrogen (secondary N) is 3. The number of amides is 5. The van der Waals surface area contributed by atoms with Crippen molar-refractivity contribution in [3.63, 3.8) is 0 Å². The second-order valence-corrected chi connectivity index (χ2v) is 29.3. The number of rotatable bonds is 18. The van der Waals surface area contributed by atoms with Crippen LogP contribution in [0, 0.1) is 34.5 Å². The molecular weight excluding hydrogens is 1240 g/mol. The van der Waals surface area contributed by atoms with E-state index in [1.165, 1.54) is 31.4 Å². The number of hydrogen-bond acceptors (Lipinski definition) is 15. The predicted molar refractivity (Wildman–Crippen MR) is 369 cm³/mol. The molecule has 0 aromatic heterocycles. The number of hydrogen-bond donors (Lipinski definition) is 5. The van der Waals surface area contributed by atoms with E-state index in [0.717, 1.165) is 80.6 Å². The minimum Gasteiger partial charge on any atom is -0.446 e. The van der Waals surface area contributed by atoms with Crippen molar-refractivity contribution in [3.8, 4) is 0 Å². The third-order valence-corrected chi connectivity index (χ3v) is 22.2. The SMILES string of the molecule is C=CC(=O)Cl.C=CC(=O)N1CCC[C@H](OC(=O)N[C@@H](Cc2ccccc2)B(O)O)C1.C=CC(=O)N1CCC[C@H](OC(=O)N[C@@H](Cc2ccccc2)B2O[C@@H]3C[C@@H]4C[C@@H](C4(C)C)[C@]3(C)O2)C1.CC1(C)[C@@H]2C[C@H]3OB([C@H](Cc4ccccc4)NC(=O)OC4CCCCC4)O[C@@]3(C)[C@H]1C2. The van der Waals surface area contributed by atoms with Crippen LogP contribution in [0.4, 0.5) is 14.4 Å². The van der Waals surface area contributed by atoms with E-state index in [1.54, 1.807) is 9.80 Å². The average molecular weight is 1340 g/mol. The third kappa shape index (κ3) is 18.3. The Morgan fingerprint density at radius 1 is 0.552 bits per heavy atom. The summed E-state index contributed by atoms with van der Waals surface area (Å²) in [5.41, 5.74) is 3.02. The second-order valence-electron chi connectivity index (χ2n) is 28.9. The van der Waals surface area contributed by atoms with E-state index < -0.39 is 50.8 Å². The maximum atomic E-state index is 13.0. The van der Waals surface area contributed by atoms with E-state index in [0.29, 0.717) is 74.5 Å². The molecular formula is C72H99B3ClN5O15. The third-order valence-electron chi connectivity index (χ3n) is 22.0. The standard InChI is InChI=1S/C27H37BN2O5.C25H36BNO4.C17H23BN2O5.C3H3ClO/c1-5-24(31)30-13-9-12-20(17-30)33-25(32)29-23(14-18-10-7-6-8-11-18)28-34-22-16-19-15-21(26(19,2)3)27(22,4)35-28;1-24(2)18-15-20(24)25(3)21(16-18)30-26(31-25)22(14-17-10-6-4-7-11-17)27-23(28)29-19-12-8-5-9-13-19;1-2-16(21)20-10-6-9-14(12-20)25-17(22)19-15(18(23)24)11-13-7-4-3-5-8-13;1-2-3(4)5/h5-8,10-11,19-23H,1,9,12-17H2,2-4H3,(H,29,32);4,6-7,10-11,18-22H,5,8-9,12-16H2,1-3H3,(H,27,28);2-5,7-8,14-15,23-24H,1,6,9-12H2,(H,19,22);2H,1H2/t19-,20-,21-,22+,23-,27-;18-,20-,21+,22-,25-;14-,15-;/m000./s1. The Hall–Kier alpha value is -6.46. The summed E-state index contributed by atoms with van der Waals surface area (Å²) in [6, 6.07) is 29.5. The quantitative estimate of drug-likeness (QED) is 0.0344. The summed E-state index contributed by atoms with van der Waals surface area (Å²) in [6.45, 7) is 25.9. The van der Waals surface area contributed by atoms with Crippen molar-refractivity contribution in [1.82, 2.24) is 25.8 Å². The summed E-state index contributed by atoms with van der Waals surface area (Å²) in [5, 5.41) is 27.1. The average Bonchev–Trinajstić information content (AvgIpc) is 1.41. The molecule has 5 N–H and O–H groups in total. The monoisotopic (exact) mass is 1340 g/mol. The van der Waals surface area contributed by atoms with Crippen LogP contribution in [0.15, 0.2) is 129 Å². The Labute approximate surface area is 573 Å². The molecule has 14 rings (SSSR count). The number of piperidine rings is 2. The van der Waals surface area contributed by atoms with Gasteiger partial charge in [-0.3, -0.25) is 14.4 Å². The molecule has 11 aliphatic rings. The molecule has 24 heteroatoms. The topological polar surface area (TPSA) is 250 Å². The molecule has 3 aromatic carbocycles. The highest BCUT2D eigenvalue weighted by molar-refractivity contribution is 6.66. The Morgan fingerprint density at radius 3 is 1.28 bits per heavy atom. The van der Waals surface area contributed by atoms with Crippen LogP contribution in [0.5, 0.6) is 0 Å². The lowest BCUT2D eigenvalue weighted by Gasteiger charge is -2.64. The van der Waals surface area contributed by atoms with Crippen LogP contribution in [-0.2, 0) is 66.5 Å². The Bertz CT molecular complexity index is 3150. The fraction of sp³-hybridized carbons (Fsp3) is 0.583. The molecule has 0 unspecified atom stereocenters. The van der Waals surface area contributed by atoms with Gasteiger partial charge in [0.05, 0.1) is 54.3 Å². The molecule has 4 aliphatic heterocycles. The summed E-state index contributed by atoms with van der Waals surface area (Å²) >= 11 is 4.71. The van der Waals surface area contributed by atoms with Gasteiger partial charge in [0.1, 0.15) is 18.3 Å². The number of nitrogens with zero attached hydrogens (tertiary/aromatic N) is 2. The minimum absolute atomic E-state index is 0.0321. The number of likely N-dealkylation sites (tertiary alicyclic amines) is 2. The van der Waals surface area contributed by atoms with Crippen LogP contribution in [0.3, 0.4) is 0 Å². The Morgan fingerprint density at radius 2 is 0.917 bits per heavy atom. The molecule has 96 heavy (non-hydrogen) atoms. The smallest absolute Gasteiger partial charge is 0.446 e. The van der Waals surface area contributed by atoms with Gasteiger partial charge < -0.3 is 68.6 Å². The molecule has 4 bridgehead atoms. The summed E-state index contributed by atoms with van der Waals surface area (Å²) in [5.74, 6) is 0.435. The van der Waals surface area contributed by atoms with Crippen LogP contribution in [-0.4, -0.2) is 162 Å². The molecule has 4 saturated heterocycles. The molecule has 4 heterocycles. The van der Waals surface area contributed by atoms with Crippen molar-refractivity contribution < 1.29 is 71.6 Å². The zero-order chi connectivity index (χ0) is 69.0. The molecule has 13 atom stereocenters. The first-order chi connectivity index (χ1) is 45.8. The first kappa shape index (κ1) is 73.8. The van der Waals surface area contributed by atoms with Crippen molar-refractivity contribution in [1.29, 1.82) is 0 Å². The van der Waals surface area contributed by atoms with E-state index in [2.05, 4.69) is 89.4 Å². The first-order valence-electron chi connectivity index (χ1n) is 34.5. The molecule has 20 nitrogen and oxygen atoms in total. The van der Waals surface area contributed by atoms with Crippen LogP contribution in [0.1, 0.15) is 142 Å². The zero-order valence-electron chi connectivity index (χ0n) is 56.8. The predicted octanol–water partition coefficient (Wildman–Crippen LogP) is 10.1. The van der Waals surface area contributed by atoms with Crippen LogP contribution >= 0.6 is 11.6 Å². The highest BCUT2D eigenvalue weighted by Crippen LogP contribution is 2.67. The molecule has 11 fully saturated rings. The largest absolute Gasteiger partial charge is 0.482 e. The van der Waals surface area contributed by atoms with Crippen molar-refractivity contribution in [2.45, 2.75) is 204 Å².